The van der Waals surface area contributed by atoms with E-state index in [0.29, 0.717) is 40.3 Å². The van der Waals surface area contributed by atoms with Crippen molar-refractivity contribution in [1.82, 2.24) is 15.1 Å². The summed E-state index contributed by atoms with van der Waals surface area (Å²) < 4.78 is 24.3. The van der Waals surface area contributed by atoms with Crippen LogP contribution >= 0.6 is 0 Å². The molecule has 6 rings (SSSR count). The van der Waals surface area contributed by atoms with Gasteiger partial charge < -0.3 is 18.9 Å². The van der Waals surface area contributed by atoms with Crippen LogP contribution in [0.2, 0.25) is 0 Å². The molecule has 0 radical (unpaired) electrons. The fourth-order valence-electron chi connectivity index (χ4n) is 5.08. The number of aromatic nitrogens is 2. The van der Waals surface area contributed by atoms with E-state index in [0.717, 1.165) is 11.1 Å². The molecular weight excluding hydrogens is 462 g/mol. The highest BCUT2D eigenvalue weighted by Gasteiger charge is 2.49. The summed E-state index contributed by atoms with van der Waals surface area (Å²) in [6, 6.07) is 10.6. The van der Waals surface area contributed by atoms with Crippen LogP contribution in [0.4, 0.5) is 16.3 Å². The maximum atomic E-state index is 13.4. The quantitative estimate of drug-likeness (QED) is 0.591. The van der Waals surface area contributed by atoms with Gasteiger partial charge in [-0.1, -0.05) is 6.07 Å². The first kappa shape index (κ1) is 22.3. The van der Waals surface area contributed by atoms with Gasteiger partial charge in [0.1, 0.15) is 17.6 Å². The van der Waals surface area contributed by atoms with Crippen molar-refractivity contribution < 1.29 is 23.7 Å². The molecule has 1 aromatic heterocycles. The lowest BCUT2D eigenvalue weighted by atomic mass is 9.83. The first-order chi connectivity index (χ1) is 17.3. The van der Waals surface area contributed by atoms with Gasteiger partial charge in [0, 0.05) is 23.2 Å². The van der Waals surface area contributed by atoms with Gasteiger partial charge in [0.25, 0.3) is 0 Å². The highest BCUT2D eigenvalue weighted by Crippen LogP contribution is 2.49. The molecule has 0 aliphatic carbocycles. The summed E-state index contributed by atoms with van der Waals surface area (Å²) >= 11 is 0. The van der Waals surface area contributed by atoms with Crippen LogP contribution in [0.1, 0.15) is 37.8 Å². The summed E-state index contributed by atoms with van der Waals surface area (Å²) in [4.78, 5) is 20.0. The molecule has 2 atom stereocenters. The summed E-state index contributed by atoms with van der Waals surface area (Å²) in [6.07, 6.45) is 1.84. The molecule has 2 amide bonds. The number of benzene rings is 2. The Labute approximate surface area is 208 Å². The summed E-state index contributed by atoms with van der Waals surface area (Å²) in [7, 11) is 3.20. The van der Waals surface area contributed by atoms with Gasteiger partial charge in [-0.05, 0) is 50.6 Å². The van der Waals surface area contributed by atoms with Crippen molar-refractivity contribution in [1.29, 1.82) is 0 Å². The number of anilines is 1. The van der Waals surface area contributed by atoms with Crippen LogP contribution in [-0.2, 0) is 5.54 Å². The van der Waals surface area contributed by atoms with Crippen LogP contribution in [0.5, 0.6) is 23.0 Å². The number of nitrogens with zero attached hydrogens (tertiary/aromatic N) is 4. The van der Waals surface area contributed by atoms with E-state index in [4.69, 9.17) is 29.0 Å². The van der Waals surface area contributed by atoms with E-state index < -0.39 is 6.04 Å². The molecule has 10 heteroatoms. The van der Waals surface area contributed by atoms with E-state index in [1.807, 2.05) is 47.3 Å². The molecule has 3 aromatic rings. The molecule has 0 unspecified atom stereocenters. The lowest BCUT2D eigenvalue weighted by Crippen LogP contribution is -2.42. The number of nitrogens with one attached hydrogen (secondary N) is 1. The number of methoxy groups -OCH3 is 2. The van der Waals surface area contributed by atoms with Crippen molar-refractivity contribution in [3.05, 3.63) is 53.7 Å². The van der Waals surface area contributed by atoms with Crippen LogP contribution in [0.3, 0.4) is 0 Å². The lowest BCUT2D eigenvalue weighted by Gasteiger charge is -2.34. The number of ether oxygens (including phenoxy) is 4. The molecule has 36 heavy (non-hydrogen) atoms. The number of carbonyl (C=O) groups is 1. The first-order valence-corrected chi connectivity index (χ1v) is 11.7. The fraction of sp³-hybridized carbons (Fsp3) is 0.346. The van der Waals surface area contributed by atoms with E-state index in [2.05, 4.69) is 26.1 Å². The predicted molar refractivity (Wildman–Crippen MR) is 133 cm³/mol. The first-order valence-electron chi connectivity index (χ1n) is 11.7. The number of urea groups is 1. The van der Waals surface area contributed by atoms with Crippen LogP contribution in [0.25, 0.3) is 0 Å². The summed E-state index contributed by atoms with van der Waals surface area (Å²) in [5.41, 5.74) is 2.19. The summed E-state index contributed by atoms with van der Waals surface area (Å²) in [5.74, 6) is 3.36. The molecule has 0 saturated carbocycles. The molecule has 1 N–H and O–H groups in total. The molecule has 0 spiro atoms. The highest BCUT2D eigenvalue weighted by molar-refractivity contribution is 6.18. The third-order valence-electron chi connectivity index (χ3n) is 6.67. The molecule has 1 fully saturated rings. The van der Waals surface area contributed by atoms with Gasteiger partial charge in [-0.15, -0.1) is 0 Å². The highest BCUT2D eigenvalue weighted by atomic mass is 16.7. The number of hydrogen-bond acceptors (Lipinski definition) is 7. The Hall–Kier alpha value is -4.21. The van der Waals surface area contributed by atoms with Crippen LogP contribution in [0.15, 0.2) is 47.6 Å². The van der Waals surface area contributed by atoms with Gasteiger partial charge >= 0.3 is 6.03 Å². The van der Waals surface area contributed by atoms with E-state index >= 15 is 0 Å². The van der Waals surface area contributed by atoms with Gasteiger partial charge in [0.15, 0.2) is 17.3 Å². The molecule has 186 valence electrons. The Balaban J connectivity index is 1.57. The van der Waals surface area contributed by atoms with Crippen LogP contribution in [0, 0.1) is 0 Å². The monoisotopic (exact) mass is 489 g/mol. The predicted octanol–water partition coefficient (Wildman–Crippen LogP) is 4.16. The standard InChI is InChI=1S/C26H27N5O5/c1-26(2,3)31-24-17(12-27-31)20(14-9-18(34-5)22-19(10-14)35-13-36-22)21-23(28-24)29-25(32)30(21)15-7-6-8-16(11-15)33-4/h6-12,20-21H,13H2,1-5H3,(H,28,29,32)/t20-,21+/m1/s1. The van der Waals surface area contributed by atoms with E-state index in [9.17, 15) is 4.79 Å². The second-order valence-corrected chi connectivity index (χ2v) is 9.88. The Morgan fingerprint density at radius 1 is 1.11 bits per heavy atom. The number of amides is 2. The van der Waals surface area contributed by atoms with E-state index in [1.165, 1.54) is 0 Å². The van der Waals surface area contributed by atoms with E-state index in [1.54, 1.807) is 19.1 Å². The second kappa shape index (κ2) is 7.91. The SMILES string of the molecule is COc1cccc(N2C(=O)NC3=Nc4c(cnn4C(C)(C)C)[C@@H](c4cc(OC)c5c(c4)OCO5)[C@@H]32)c1. The number of aliphatic imine (C=N–C) groups is 1. The maximum absolute atomic E-state index is 13.4. The average Bonchev–Trinajstić information content (AvgIpc) is 3.57. The van der Waals surface area contributed by atoms with Gasteiger partial charge in [0.2, 0.25) is 12.5 Å². The molecule has 3 aliphatic heterocycles. The fourth-order valence-corrected chi connectivity index (χ4v) is 5.08. The third-order valence-corrected chi connectivity index (χ3v) is 6.67. The van der Waals surface area contributed by atoms with Gasteiger partial charge in [-0.3, -0.25) is 10.2 Å². The van der Waals surface area contributed by atoms with Crippen LogP contribution < -0.4 is 29.2 Å². The number of carbonyl (C=O) groups excluding carboxylic acids is 1. The minimum atomic E-state index is -0.445. The van der Waals surface area contributed by atoms with Crippen molar-refractivity contribution in [3.8, 4) is 23.0 Å². The average molecular weight is 490 g/mol. The van der Waals surface area contributed by atoms with Crippen molar-refractivity contribution >= 4 is 23.4 Å². The smallest absolute Gasteiger partial charge is 0.328 e. The van der Waals surface area contributed by atoms with Crippen molar-refractivity contribution in [2.45, 2.75) is 38.3 Å². The topological polar surface area (TPSA) is 99.4 Å². The zero-order valence-corrected chi connectivity index (χ0v) is 20.7. The molecule has 10 nitrogen and oxygen atoms in total. The summed E-state index contributed by atoms with van der Waals surface area (Å²) in [5, 5.41) is 7.70. The van der Waals surface area contributed by atoms with Crippen LogP contribution in [-0.4, -0.2) is 48.7 Å². The zero-order valence-electron chi connectivity index (χ0n) is 20.7. The van der Waals surface area contributed by atoms with E-state index in [-0.39, 0.29) is 24.3 Å². The molecular formula is C26H27N5O5. The number of amidine groups is 1. The Morgan fingerprint density at radius 2 is 1.94 bits per heavy atom. The Bertz CT molecular complexity index is 1410. The number of hydrogen-bond donors (Lipinski definition) is 1. The number of rotatable bonds is 4. The largest absolute Gasteiger partial charge is 0.497 e. The van der Waals surface area contributed by atoms with Crippen molar-refractivity contribution in [2.75, 3.05) is 25.9 Å². The lowest BCUT2D eigenvalue weighted by molar-refractivity contribution is 0.171. The number of fused-ring (bicyclic) bond motifs is 3. The maximum Gasteiger partial charge on any atom is 0.328 e. The molecule has 4 heterocycles. The normalized spacial score (nSPS) is 20.0. The Kier molecular flexibility index (Phi) is 4.89. The minimum absolute atomic E-state index is 0.124. The van der Waals surface area contributed by atoms with Gasteiger partial charge in [-0.25, -0.2) is 14.5 Å². The molecule has 2 aromatic carbocycles. The molecule has 3 aliphatic rings. The minimum Gasteiger partial charge on any atom is -0.497 e. The van der Waals surface area contributed by atoms with Gasteiger partial charge in [-0.2, -0.15) is 5.10 Å². The second-order valence-electron chi connectivity index (χ2n) is 9.88. The van der Waals surface area contributed by atoms with Crippen molar-refractivity contribution in [2.24, 2.45) is 4.99 Å². The molecule has 1 saturated heterocycles. The molecule has 0 bridgehead atoms. The van der Waals surface area contributed by atoms with Crippen molar-refractivity contribution in [3.63, 3.8) is 0 Å². The Morgan fingerprint density at radius 3 is 2.69 bits per heavy atom. The third kappa shape index (κ3) is 3.28. The summed E-state index contributed by atoms with van der Waals surface area (Å²) in [6.45, 7) is 6.34. The zero-order chi connectivity index (χ0) is 25.2. The van der Waals surface area contributed by atoms with Gasteiger partial charge in [0.05, 0.1) is 26.0 Å².